The van der Waals surface area contributed by atoms with Gasteiger partial charge in [0.25, 0.3) is 5.88 Å². The third-order valence-electron chi connectivity index (χ3n) is 3.68. The predicted octanol–water partition coefficient (Wildman–Crippen LogP) is 2.23. The number of nitrogens with one attached hydrogen (secondary N) is 1. The molecule has 6 heteroatoms. The minimum Gasteiger partial charge on any atom is -0.489 e. The quantitative estimate of drug-likeness (QED) is 0.662. The Kier molecular flexibility index (Phi) is 3.87. The summed E-state index contributed by atoms with van der Waals surface area (Å²) in [7, 11) is 1.54. The Morgan fingerprint density at radius 1 is 1.29 bits per heavy atom. The van der Waals surface area contributed by atoms with E-state index in [0.717, 1.165) is 19.3 Å². The summed E-state index contributed by atoms with van der Waals surface area (Å²) in [6.07, 6.45) is 4.52. The number of ether oxygens (including phenoxy) is 2. The van der Waals surface area contributed by atoms with Crippen molar-refractivity contribution >= 4 is 5.82 Å². The van der Waals surface area contributed by atoms with Gasteiger partial charge in [0.1, 0.15) is 12.4 Å². The van der Waals surface area contributed by atoms with Gasteiger partial charge in [-0.25, -0.2) is 10.8 Å². The van der Waals surface area contributed by atoms with Crippen molar-refractivity contribution in [1.82, 2.24) is 9.97 Å². The number of anilines is 1. The van der Waals surface area contributed by atoms with E-state index < -0.39 is 0 Å². The molecule has 1 aromatic carbocycles. The topological polar surface area (TPSA) is 82.3 Å². The first-order valence-corrected chi connectivity index (χ1v) is 6.93. The molecule has 1 atom stereocenters. The maximum atomic E-state index is 6.07. The van der Waals surface area contributed by atoms with Gasteiger partial charge in [0.15, 0.2) is 5.82 Å². The van der Waals surface area contributed by atoms with E-state index in [1.165, 1.54) is 17.5 Å². The van der Waals surface area contributed by atoms with Crippen molar-refractivity contribution < 1.29 is 9.47 Å². The van der Waals surface area contributed by atoms with Crippen LogP contribution in [0.1, 0.15) is 30.1 Å². The lowest BCUT2D eigenvalue weighted by atomic mass is 9.89. The summed E-state index contributed by atoms with van der Waals surface area (Å²) in [6.45, 7) is 0. The third kappa shape index (κ3) is 2.62. The minimum atomic E-state index is -0.0237. The van der Waals surface area contributed by atoms with Crippen molar-refractivity contribution in [2.24, 2.45) is 5.84 Å². The van der Waals surface area contributed by atoms with Crippen LogP contribution in [0.25, 0.3) is 0 Å². The lowest BCUT2D eigenvalue weighted by Gasteiger charge is -2.26. The molecule has 1 heterocycles. The second-order valence-corrected chi connectivity index (χ2v) is 4.90. The zero-order chi connectivity index (χ0) is 14.7. The highest BCUT2D eigenvalue weighted by molar-refractivity contribution is 5.54. The summed E-state index contributed by atoms with van der Waals surface area (Å²) in [5.41, 5.74) is 5.03. The Morgan fingerprint density at radius 3 is 2.95 bits per heavy atom. The molecule has 0 saturated heterocycles. The average molecular weight is 286 g/mol. The molecule has 3 rings (SSSR count). The van der Waals surface area contributed by atoms with Gasteiger partial charge in [-0.2, -0.15) is 4.98 Å². The minimum absolute atomic E-state index is 0.0237. The first kappa shape index (κ1) is 13.6. The van der Waals surface area contributed by atoms with Gasteiger partial charge < -0.3 is 14.9 Å². The number of aryl methyl sites for hydroxylation is 1. The van der Waals surface area contributed by atoms with Crippen LogP contribution >= 0.6 is 0 Å². The third-order valence-corrected chi connectivity index (χ3v) is 3.68. The number of fused-ring (bicyclic) bond motifs is 1. The highest BCUT2D eigenvalue weighted by Crippen LogP contribution is 2.37. The maximum absolute atomic E-state index is 6.07. The van der Waals surface area contributed by atoms with Gasteiger partial charge in [0.2, 0.25) is 5.75 Å². The molecule has 0 amide bonds. The second-order valence-electron chi connectivity index (χ2n) is 4.90. The average Bonchev–Trinajstić information content (AvgIpc) is 2.55. The molecule has 0 aliphatic heterocycles. The van der Waals surface area contributed by atoms with E-state index in [9.17, 15) is 0 Å². The Bertz CT molecular complexity index is 633. The fourth-order valence-corrected chi connectivity index (χ4v) is 2.69. The normalized spacial score (nSPS) is 17.0. The zero-order valence-electron chi connectivity index (χ0n) is 11.9. The number of hydrogen-bond acceptors (Lipinski definition) is 6. The molecule has 6 nitrogen and oxygen atoms in total. The lowest BCUT2D eigenvalue weighted by Crippen LogP contribution is -2.17. The van der Waals surface area contributed by atoms with E-state index in [0.29, 0.717) is 17.4 Å². The van der Waals surface area contributed by atoms with Crippen molar-refractivity contribution in [2.45, 2.75) is 25.4 Å². The molecule has 21 heavy (non-hydrogen) atoms. The van der Waals surface area contributed by atoms with Crippen LogP contribution in [-0.4, -0.2) is 17.1 Å². The maximum Gasteiger partial charge on any atom is 0.263 e. The van der Waals surface area contributed by atoms with Crippen molar-refractivity contribution in [3.63, 3.8) is 0 Å². The first-order valence-electron chi connectivity index (χ1n) is 6.93. The van der Waals surface area contributed by atoms with Crippen molar-refractivity contribution in [3.8, 4) is 11.6 Å². The second kappa shape index (κ2) is 5.97. The molecule has 1 aliphatic carbocycles. The van der Waals surface area contributed by atoms with Crippen LogP contribution in [0, 0.1) is 0 Å². The Morgan fingerprint density at radius 2 is 2.14 bits per heavy atom. The lowest BCUT2D eigenvalue weighted by molar-refractivity contribution is 0.168. The van der Waals surface area contributed by atoms with Gasteiger partial charge in [0.05, 0.1) is 7.11 Å². The van der Waals surface area contributed by atoms with Gasteiger partial charge in [-0.05, 0) is 30.4 Å². The fourth-order valence-electron chi connectivity index (χ4n) is 2.69. The number of nitrogens with zero attached hydrogens (tertiary/aromatic N) is 2. The van der Waals surface area contributed by atoms with Crippen molar-refractivity contribution in [1.29, 1.82) is 0 Å². The number of methoxy groups -OCH3 is 1. The van der Waals surface area contributed by atoms with E-state index in [1.807, 2.05) is 6.07 Å². The first-order chi connectivity index (χ1) is 10.3. The molecule has 3 N–H and O–H groups in total. The summed E-state index contributed by atoms with van der Waals surface area (Å²) in [5, 5.41) is 0. The summed E-state index contributed by atoms with van der Waals surface area (Å²) >= 11 is 0. The van der Waals surface area contributed by atoms with E-state index in [2.05, 4.69) is 33.6 Å². The summed E-state index contributed by atoms with van der Waals surface area (Å²) in [5.74, 6) is 6.66. The van der Waals surface area contributed by atoms with Gasteiger partial charge in [0, 0.05) is 0 Å². The predicted molar refractivity (Wildman–Crippen MR) is 79.1 cm³/mol. The number of rotatable bonds is 4. The molecule has 0 radical (unpaired) electrons. The van der Waals surface area contributed by atoms with E-state index in [1.54, 1.807) is 7.11 Å². The summed E-state index contributed by atoms with van der Waals surface area (Å²) < 4.78 is 11.4. The van der Waals surface area contributed by atoms with Gasteiger partial charge >= 0.3 is 0 Å². The number of aromatic nitrogens is 2. The van der Waals surface area contributed by atoms with Crippen LogP contribution in [0.5, 0.6) is 11.6 Å². The molecule has 110 valence electrons. The molecule has 0 saturated carbocycles. The molecule has 0 bridgehead atoms. The van der Waals surface area contributed by atoms with Crippen LogP contribution in [0.2, 0.25) is 0 Å². The molecule has 1 aliphatic rings. The van der Waals surface area contributed by atoms with Gasteiger partial charge in [-0.3, -0.25) is 0 Å². The van der Waals surface area contributed by atoms with E-state index >= 15 is 0 Å². The molecule has 1 unspecified atom stereocenters. The summed E-state index contributed by atoms with van der Waals surface area (Å²) in [6, 6.07) is 8.34. The fraction of sp³-hybridized carbons (Fsp3) is 0.333. The molecular weight excluding hydrogens is 268 g/mol. The van der Waals surface area contributed by atoms with Crippen LogP contribution in [0.3, 0.4) is 0 Å². The SMILES string of the molecule is COc1c(NN)ncnc1OC1CCCc2ccccc21. The largest absolute Gasteiger partial charge is 0.489 e. The molecule has 0 fully saturated rings. The monoisotopic (exact) mass is 286 g/mol. The van der Waals surface area contributed by atoms with Crippen LogP contribution in [0.4, 0.5) is 5.82 Å². The standard InChI is InChI=1S/C15H18N4O2/c1-20-13-14(19-16)17-9-18-15(13)21-12-8-4-6-10-5-2-3-7-11(10)12/h2-3,5,7,9,12H,4,6,8,16H2,1H3,(H,17,18,19). The van der Waals surface area contributed by atoms with Crippen molar-refractivity contribution in [2.75, 3.05) is 12.5 Å². The highest BCUT2D eigenvalue weighted by atomic mass is 16.5. The van der Waals surface area contributed by atoms with Crippen LogP contribution < -0.4 is 20.7 Å². The number of nitrogens with two attached hydrogens (primary N) is 1. The number of benzene rings is 1. The van der Waals surface area contributed by atoms with Crippen LogP contribution in [0.15, 0.2) is 30.6 Å². The number of hydrogen-bond donors (Lipinski definition) is 2. The zero-order valence-corrected chi connectivity index (χ0v) is 11.9. The molecule has 2 aromatic rings. The highest BCUT2D eigenvalue weighted by Gasteiger charge is 2.24. The Labute approximate surface area is 123 Å². The number of nitrogen functional groups attached to an aromatic ring is 1. The van der Waals surface area contributed by atoms with Gasteiger partial charge in [-0.1, -0.05) is 24.3 Å². The Hall–Kier alpha value is -2.34. The smallest absolute Gasteiger partial charge is 0.263 e. The summed E-state index contributed by atoms with van der Waals surface area (Å²) in [4.78, 5) is 8.19. The number of hydrazine groups is 1. The van der Waals surface area contributed by atoms with Gasteiger partial charge in [-0.15, -0.1) is 0 Å². The molecular formula is C15H18N4O2. The van der Waals surface area contributed by atoms with Crippen molar-refractivity contribution in [3.05, 3.63) is 41.7 Å². The van der Waals surface area contributed by atoms with Crippen LogP contribution in [-0.2, 0) is 6.42 Å². The van der Waals surface area contributed by atoms with E-state index in [-0.39, 0.29) is 6.10 Å². The Balaban J connectivity index is 1.92. The molecule has 1 aromatic heterocycles. The van der Waals surface area contributed by atoms with E-state index in [4.69, 9.17) is 15.3 Å². The molecule has 0 spiro atoms.